The van der Waals surface area contributed by atoms with Crippen molar-refractivity contribution in [3.8, 4) is 5.75 Å². The minimum Gasteiger partial charge on any atom is -0.491 e. The highest BCUT2D eigenvalue weighted by Crippen LogP contribution is 2.39. The summed E-state index contributed by atoms with van der Waals surface area (Å²) >= 11 is 0. The zero-order chi connectivity index (χ0) is 24.7. The van der Waals surface area contributed by atoms with E-state index in [1.54, 1.807) is 0 Å². The molecule has 33 heavy (non-hydrogen) atoms. The lowest BCUT2D eigenvalue weighted by molar-refractivity contribution is -0.137. The van der Waals surface area contributed by atoms with Gasteiger partial charge in [-0.2, -0.15) is 13.2 Å². The quantitative estimate of drug-likeness (QED) is 0.546. The fourth-order valence-electron chi connectivity index (χ4n) is 3.62. The molecule has 2 aromatic carbocycles. The molecule has 12 heteroatoms. The zero-order valence-electron chi connectivity index (χ0n) is 17.7. The van der Waals surface area contributed by atoms with E-state index in [9.17, 15) is 34.4 Å². The van der Waals surface area contributed by atoms with Crippen LogP contribution in [0.2, 0.25) is 0 Å². The maximum Gasteiger partial charge on any atom is 0.416 e. The molecule has 1 aliphatic heterocycles. The normalized spacial score (nSPS) is 22.2. The number of alkyl halides is 3. The van der Waals surface area contributed by atoms with Crippen LogP contribution in [0.5, 0.6) is 5.75 Å². The molecule has 0 amide bonds. The molecule has 1 aliphatic rings. The Kier molecular flexibility index (Phi) is 6.84. The van der Waals surface area contributed by atoms with Crippen LogP contribution < -0.4 is 4.74 Å². The average Bonchev–Trinajstić information content (AvgIpc) is 2.71. The van der Waals surface area contributed by atoms with Crippen molar-refractivity contribution in [3.05, 3.63) is 53.8 Å². The van der Waals surface area contributed by atoms with Gasteiger partial charge in [0.15, 0.2) is 19.7 Å². The van der Waals surface area contributed by atoms with Crippen molar-refractivity contribution in [2.75, 3.05) is 19.5 Å². The average molecular weight is 511 g/mol. The van der Waals surface area contributed by atoms with Gasteiger partial charge in [-0.1, -0.05) is 6.07 Å². The van der Waals surface area contributed by atoms with Gasteiger partial charge in [0.1, 0.15) is 23.1 Å². The molecule has 0 bridgehead atoms. The molecular formula is C21H22F4O6S2. The largest absolute Gasteiger partial charge is 0.491 e. The molecule has 0 radical (unpaired) electrons. The van der Waals surface area contributed by atoms with Gasteiger partial charge >= 0.3 is 6.18 Å². The molecule has 3 rings (SSSR count). The highest BCUT2D eigenvalue weighted by Gasteiger charge is 2.45. The van der Waals surface area contributed by atoms with Crippen LogP contribution in [0.4, 0.5) is 17.6 Å². The van der Waals surface area contributed by atoms with Crippen LogP contribution in [-0.4, -0.2) is 47.2 Å². The SMILES string of the molecule is CC1(S(=O)(=O)c2cccc(C(F)(F)F)c2)CCOC(COc2ccc(S(C)(=O)=O)c(F)c2)C1. The van der Waals surface area contributed by atoms with Gasteiger partial charge in [-0.15, -0.1) is 0 Å². The Morgan fingerprint density at radius 1 is 1.12 bits per heavy atom. The van der Waals surface area contributed by atoms with Crippen LogP contribution in [0.25, 0.3) is 0 Å². The van der Waals surface area contributed by atoms with Gasteiger partial charge < -0.3 is 9.47 Å². The zero-order valence-corrected chi connectivity index (χ0v) is 19.4. The van der Waals surface area contributed by atoms with E-state index >= 15 is 0 Å². The summed E-state index contributed by atoms with van der Waals surface area (Å²) in [4.78, 5) is -0.914. The van der Waals surface area contributed by atoms with Crippen molar-refractivity contribution in [1.29, 1.82) is 0 Å². The second-order valence-corrected chi connectivity index (χ2v) is 12.5. The van der Waals surface area contributed by atoms with Crippen LogP contribution in [0.3, 0.4) is 0 Å². The monoisotopic (exact) mass is 510 g/mol. The molecule has 0 spiro atoms. The molecule has 1 fully saturated rings. The molecule has 1 heterocycles. The summed E-state index contributed by atoms with van der Waals surface area (Å²) in [5.41, 5.74) is -1.06. The van der Waals surface area contributed by atoms with Crippen LogP contribution in [0.15, 0.2) is 52.3 Å². The fraction of sp³-hybridized carbons (Fsp3) is 0.429. The van der Waals surface area contributed by atoms with Gasteiger partial charge in [-0.05, 0) is 50.1 Å². The summed E-state index contributed by atoms with van der Waals surface area (Å²) < 4.78 is 112. The van der Waals surface area contributed by atoms with Crippen molar-refractivity contribution < 1.29 is 43.9 Å². The Labute approximate surface area is 189 Å². The Bertz CT molecular complexity index is 1240. The van der Waals surface area contributed by atoms with Gasteiger partial charge in [0, 0.05) is 18.9 Å². The first kappa shape index (κ1) is 25.4. The topological polar surface area (TPSA) is 86.7 Å². The standard InChI is InChI=1S/C21H22F4O6S2/c1-20(33(28,29)17-5-3-4-14(10-17)21(23,24)25)8-9-30-16(12-20)13-31-15-6-7-19(18(22)11-15)32(2,26)27/h3-7,10-11,16H,8-9,12-13H2,1-2H3. The molecule has 6 nitrogen and oxygen atoms in total. The summed E-state index contributed by atoms with van der Waals surface area (Å²) in [6.45, 7) is 1.31. The molecule has 0 saturated carbocycles. The van der Waals surface area contributed by atoms with Gasteiger partial charge in [-0.3, -0.25) is 0 Å². The van der Waals surface area contributed by atoms with E-state index in [1.165, 1.54) is 13.0 Å². The molecule has 2 atom stereocenters. The van der Waals surface area contributed by atoms with E-state index in [1.807, 2.05) is 0 Å². The number of ether oxygens (including phenoxy) is 2. The lowest BCUT2D eigenvalue weighted by Gasteiger charge is -2.37. The van der Waals surface area contributed by atoms with Crippen molar-refractivity contribution in [2.45, 2.75) is 46.6 Å². The molecule has 0 aromatic heterocycles. The number of benzene rings is 2. The number of halogens is 4. The summed E-state index contributed by atoms with van der Waals surface area (Å²) in [7, 11) is -7.90. The Hall–Kier alpha value is -2.18. The van der Waals surface area contributed by atoms with E-state index in [2.05, 4.69) is 0 Å². The molecule has 182 valence electrons. The highest BCUT2D eigenvalue weighted by molar-refractivity contribution is 7.92. The van der Waals surface area contributed by atoms with Crippen LogP contribution in [0, 0.1) is 5.82 Å². The smallest absolute Gasteiger partial charge is 0.416 e. The minimum absolute atomic E-state index is 0.0245. The predicted molar refractivity (Wildman–Crippen MR) is 111 cm³/mol. The van der Waals surface area contributed by atoms with Gasteiger partial charge in [0.05, 0.1) is 21.3 Å². The number of hydrogen-bond donors (Lipinski definition) is 0. The first-order chi connectivity index (χ1) is 15.1. The summed E-state index contributed by atoms with van der Waals surface area (Å²) in [5.74, 6) is -0.965. The summed E-state index contributed by atoms with van der Waals surface area (Å²) in [6.07, 6.45) is -4.54. The first-order valence-electron chi connectivity index (χ1n) is 9.79. The molecule has 0 N–H and O–H groups in total. The second kappa shape index (κ2) is 8.88. The summed E-state index contributed by atoms with van der Waals surface area (Å²) in [5, 5.41) is 0. The maximum atomic E-state index is 14.0. The third-order valence-corrected chi connectivity index (χ3v) is 9.18. The minimum atomic E-state index is -4.68. The molecule has 2 unspecified atom stereocenters. The van der Waals surface area contributed by atoms with Gasteiger partial charge in [0.2, 0.25) is 0 Å². The maximum absolute atomic E-state index is 14.0. The van der Waals surface area contributed by atoms with E-state index in [-0.39, 0.29) is 31.8 Å². The molecule has 1 saturated heterocycles. The van der Waals surface area contributed by atoms with E-state index in [0.29, 0.717) is 6.07 Å². The van der Waals surface area contributed by atoms with E-state index in [0.717, 1.165) is 36.6 Å². The molecule has 2 aromatic rings. The van der Waals surface area contributed by atoms with Crippen LogP contribution >= 0.6 is 0 Å². The third-order valence-electron chi connectivity index (χ3n) is 5.50. The predicted octanol–water partition coefficient (Wildman–Crippen LogP) is 4.04. The van der Waals surface area contributed by atoms with Crippen molar-refractivity contribution >= 4 is 19.7 Å². The fourth-order valence-corrected chi connectivity index (χ4v) is 6.22. The van der Waals surface area contributed by atoms with Gasteiger partial charge in [-0.25, -0.2) is 21.2 Å². The highest BCUT2D eigenvalue weighted by atomic mass is 32.2. The molecular weight excluding hydrogens is 488 g/mol. The lowest BCUT2D eigenvalue weighted by Crippen LogP contribution is -2.46. The number of sulfone groups is 2. The van der Waals surface area contributed by atoms with E-state index in [4.69, 9.17) is 9.47 Å². The van der Waals surface area contributed by atoms with Crippen LogP contribution in [-0.2, 0) is 30.6 Å². The summed E-state index contributed by atoms with van der Waals surface area (Å²) in [6, 6.07) is 6.82. The Balaban J connectivity index is 1.76. The number of rotatable bonds is 6. The Morgan fingerprint density at radius 3 is 2.42 bits per heavy atom. The Morgan fingerprint density at radius 2 is 1.82 bits per heavy atom. The number of hydrogen-bond acceptors (Lipinski definition) is 6. The second-order valence-electron chi connectivity index (χ2n) is 8.10. The van der Waals surface area contributed by atoms with Crippen molar-refractivity contribution in [2.24, 2.45) is 0 Å². The van der Waals surface area contributed by atoms with Crippen LogP contribution in [0.1, 0.15) is 25.3 Å². The van der Waals surface area contributed by atoms with Crippen molar-refractivity contribution in [3.63, 3.8) is 0 Å². The van der Waals surface area contributed by atoms with Gasteiger partial charge in [0.25, 0.3) is 0 Å². The molecule has 0 aliphatic carbocycles. The third kappa shape index (κ3) is 5.49. The van der Waals surface area contributed by atoms with E-state index < -0.39 is 57.9 Å². The lowest BCUT2D eigenvalue weighted by atomic mass is 9.97. The van der Waals surface area contributed by atoms with Crippen molar-refractivity contribution in [1.82, 2.24) is 0 Å². The first-order valence-corrected chi connectivity index (χ1v) is 13.2.